The van der Waals surface area contributed by atoms with Crippen LogP contribution >= 0.6 is 0 Å². The average Bonchev–Trinajstić information content (AvgIpc) is 3.22. The van der Waals surface area contributed by atoms with Crippen molar-refractivity contribution in [3.8, 4) is 5.69 Å². The van der Waals surface area contributed by atoms with Crippen molar-refractivity contribution in [1.29, 1.82) is 0 Å². The maximum Gasteiger partial charge on any atom is 0.224 e. The molecule has 1 aromatic carbocycles. The van der Waals surface area contributed by atoms with Crippen molar-refractivity contribution in [3.05, 3.63) is 41.7 Å². The molecule has 0 spiro atoms. The number of hydrogen-bond acceptors (Lipinski definition) is 6. The lowest BCUT2D eigenvalue weighted by molar-refractivity contribution is -0.125. The third kappa shape index (κ3) is 5.06. The van der Waals surface area contributed by atoms with Gasteiger partial charge in [-0.25, -0.2) is 4.68 Å². The average molecular weight is 464 g/mol. The maximum absolute atomic E-state index is 12.9. The molecule has 0 unspecified atom stereocenters. The lowest BCUT2D eigenvalue weighted by atomic mass is 9.97. The fourth-order valence-electron chi connectivity index (χ4n) is 4.93. The molecular weight excluding hydrogens is 426 g/mol. The Kier molecular flexibility index (Phi) is 7.77. The zero-order valence-corrected chi connectivity index (χ0v) is 20.9. The van der Waals surface area contributed by atoms with Gasteiger partial charge in [0.05, 0.1) is 28.4 Å². The summed E-state index contributed by atoms with van der Waals surface area (Å²) >= 11 is 0. The lowest BCUT2D eigenvalue weighted by Crippen LogP contribution is -2.44. The molecule has 0 saturated carbocycles. The van der Waals surface area contributed by atoms with Gasteiger partial charge in [0, 0.05) is 19.6 Å². The number of aryl methyl sites for hydroxylation is 2. The molecule has 1 atom stereocenters. The van der Waals surface area contributed by atoms with E-state index in [1.165, 1.54) is 0 Å². The normalized spacial score (nSPS) is 16.4. The van der Waals surface area contributed by atoms with Crippen molar-refractivity contribution in [1.82, 2.24) is 30.2 Å². The van der Waals surface area contributed by atoms with Crippen molar-refractivity contribution >= 4 is 22.6 Å². The number of benzene rings is 1. The van der Waals surface area contributed by atoms with Gasteiger partial charge in [0.15, 0.2) is 5.82 Å². The Morgan fingerprint density at radius 2 is 1.91 bits per heavy atom. The van der Waals surface area contributed by atoms with Crippen molar-refractivity contribution in [2.45, 2.75) is 47.0 Å². The number of carbonyl (C=O) groups excluding carboxylic acids is 1. The van der Waals surface area contributed by atoms with E-state index in [1.807, 2.05) is 29.8 Å². The van der Waals surface area contributed by atoms with Gasteiger partial charge in [-0.1, -0.05) is 32.0 Å². The molecule has 34 heavy (non-hydrogen) atoms. The Morgan fingerprint density at radius 3 is 2.65 bits per heavy atom. The van der Waals surface area contributed by atoms with Crippen LogP contribution < -0.4 is 10.2 Å². The first-order chi connectivity index (χ1) is 16.5. The van der Waals surface area contributed by atoms with Crippen LogP contribution in [0.2, 0.25) is 0 Å². The second-order valence-corrected chi connectivity index (χ2v) is 9.12. The first-order valence-electron chi connectivity index (χ1n) is 12.6. The van der Waals surface area contributed by atoms with Gasteiger partial charge in [-0.2, -0.15) is 10.2 Å². The van der Waals surface area contributed by atoms with Gasteiger partial charge in [-0.3, -0.25) is 4.79 Å². The minimum atomic E-state index is -0.0438. The molecule has 8 nitrogen and oxygen atoms in total. The maximum atomic E-state index is 12.9. The molecule has 1 aliphatic rings. The monoisotopic (exact) mass is 463 g/mol. The van der Waals surface area contributed by atoms with Crippen LogP contribution in [0.4, 0.5) is 5.82 Å². The summed E-state index contributed by atoms with van der Waals surface area (Å²) in [6.45, 7) is 13.7. The summed E-state index contributed by atoms with van der Waals surface area (Å²) in [5.74, 6) is 0.877. The molecule has 8 heteroatoms. The van der Waals surface area contributed by atoms with Crippen LogP contribution in [-0.4, -0.2) is 70.1 Å². The lowest BCUT2D eigenvalue weighted by Gasteiger charge is -2.32. The number of fused-ring (bicyclic) bond motifs is 1. The second-order valence-electron chi connectivity index (χ2n) is 9.12. The third-order valence-corrected chi connectivity index (χ3v) is 6.92. The van der Waals surface area contributed by atoms with Gasteiger partial charge in [-0.05, 0) is 64.9 Å². The van der Waals surface area contributed by atoms with Crippen LogP contribution in [0.15, 0.2) is 30.3 Å². The van der Waals surface area contributed by atoms with Crippen molar-refractivity contribution in [2.75, 3.05) is 44.2 Å². The van der Waals surface area contributed by atoms with Crippen LogP contribution in [0, 0.1) is 19.8 Å². The molecule has 1 fully saturated rings. The summed E-state index contributed by atoms with van der Waals surface area (Å²) in [4.78, 5) is 17.5. The topological polar surface area (TPSA) is 79.2 Å². The summed E-state index contributed by atoms with van der Waals surface area (Å²) in [6, 6.07) is 10.1. The minimum Gasteiger partial charge on any atom is -0.356 e. The van der Waals surface area contributed by atoms with Crippen molar-refractivity contribution < 1.29 is 4.79 Å². The van der Waals surface area contributed by atoms with E-state index >= 15 is 0 Å². The predicted octanol–water partition coefficient (Wildman–Crippen LogP) is 3.50. The Bertz CT molecular complexity index is 1110. The summed E-state index contributed by atoms with van der Waals surface area (Å²) in [5, 5.41) is 18.2. The van der Waals surface area contributed by atoms with Crippen LogP contribution in [0.1, 0.15) is 44.5 Å². The Balaban J connectivity index is 1.50. The molecule has 3 aromatic rings. The third-order valence-electron chi connectivity index (χ3n) is 6.92. The Hall–Kier alpha value is -3.00. The fourth-order valence-corrected chi connectivity index (χ4v) is 4.93. The Morgan fingerprint density at radius 1 is 1.15 bits per heavy atom. The number of piperidine rings is 1. The van der Waals surface area contributed by atoms with Crippen LogP contribution in [0.5, 0.6) is 0 Å². The quantitative estimate of drug-likeness (QED) is 0.490. The minimum absolute atomic E-state index is 0.0438. The van der Waals surface area contributed by atoms with Gasteiger partial charge >= 0.3 is 0 Å². The van der Waals surface area contributed by atoms with E-state index in [9.17, 15) is 4.79 Å². The molecular formula is C26H37N7O. The molecule has 1 amide bonds. The summed E-state index contributed by atoms with van der Waals surface area (Å²) in [5.41, 5.74) is 3.79. The molecule has 0 radical (unpaired) electrons. The van der Waals surface area contributed by atoms with E-state index in [4.69, 9.17) is 5.10 Å². The largest absolute Gasteiger partial charge is 0.356 e. The smallest absolute Gasteiger partial charge is 0.224 e. The van der Waals surface area contributed by atoms with Gasteiger partial charge in [0.25, 0.3) is 0 Å². The highest BCUT2D eigenvalue weighted by molar-refractivity contribution is 5.92. The molecule has 1 N–H and O–H groups in total. The number of para-hydroxylation sites is 1. The second kappa shape index (κ2) is 11.0. The summed E-state index contributed by atoms with van der Waals surface area (Å²) < 4.78 is 1.97. The van der Waals surface area contributed by atoms with E-state index in [-0.39, 0.29) is 11.8 Å². The van der Waals surface area contributed by atoms with E-state index in [0.717, 1.165) is 85.8 Å². The standard InChI is InChI=1S/C26H37N7O/c1-5-31(6-2)16-11-15-27-26(34)21-12-10-17-32(18-21)25-24-23(19(3)28-29-25)20(4)33(30-24)22-13-8-7-9-14-22/h7-9,13-14,21H,5-6,10-12,15-18H2,1-4H3,(H,27,34)/t21-/m1/s1. The number of anilines is 1. The van der Waals surface area contributed by atoms with Crippen LogP contribution in [0.3, 0.4) is 0 Å². The molecule has 0 aliphatic carbocycles. The van der Waals surface area contributed by atoms with E-state index < -0.39 is 0 Å². The number of carbonyl (C=O) groups is 1. The zero-order chi connectivity index (χ0) is 24.1. The molecule has 1 aliphatic heterocycles. The number of aromatic nitrogens is 4. The summed E-state index contributed by atoms with van der Waals surface area (Å²) in [7, 11) is 0. The van der Waals surface area contributed by atoms with E-state index in [2.05, 4.69) is 58.2 Å². The number of nitrogens with one attached hydrogen (secondary N) is 1. The van der Waals surface area contributed by atoms with Gasteiger partial charge in [0.2, 0.25) is 5.91 Å². The van der Waals surface area contributed by atoms with Crippen molar-refractivity contribution in [2.24, 2.45) is 5.92 Å². The molecule has 1 saturated heterocycles. The van der Waals surface area contributed by atoms with E-state index in [0.29, 0.717) is 6.54 Å². The molecule has 4 rings (SSSR count). The zero-order valence-electron chi connectivity index (χ0n) is 20.9. The fraction of sp³-hybridized carbons (Fsp3) is 0.538. The highest BCUT2D eigenvalue weighted by Crippen LogP contribution is 2.31. The van der Waals surface area contributed by atoms with Gasteiger partial charge in [-0.15, -0.1) is 5.10 Å². The van der Waals surface area contributed by atoms with Gasteiger partial charge in [0.1, 0.15) is 5.52 Å². The molecule has 0 bridgehead atoms. The highest BCUT2D eigenvalue weighted by atomic mass is 16.1. The van der Waals surface area contributed by atoms with E-state index in [1.54, 1.807) is 0 Å². The van der Waals surface area contributed by atoms with Crippen LogP contribution in [0.25, 0.3) is 16.6 Å². The van der Waals surface area contributed by atoms with Gasteiger partial charge < -0.3 is 15.1 Å². The first kappa shape index (κ1) is 24.1. The van der Waals surface area contributed by atoms with Crippen molar-refractivity contribution in [3.63, 3.8) is 0 Å². The number of rotatable bonds is 9. The highest BCUT2D eigenvalue weighted by Gasteiger charge is 2.29. The number of amides is 1. The number of nitrogens with zero attached hydrogens (tertiary/aromatic N) is 6. The Labute approximate surface area is 202 Å². The van der Waals surface area contributed by atoms with Crippen LogP contribution in [-0.2, 0) is 4.79 Å². The molecule has 2 aromatic heterocycles. The SMILES string of the molecule is CCN(CC)CCCNC(=O)[C@@H]1CCCN(c2nnc(C)c3c(C)n(-c4ccccc4)nc23)C1. The molecule has 182 valence electrons. The summed E-state index contributed by atoms with van der Waals surface area (Å²) in [6.07, 6.45) is 2.83. The molecule has 3 heterocycles. The first-order valence-corrected chi connectivity index (χ1v) is 12.6. The number of hydrogen-bond donors (Lipinski definition) is 1. The predicted molar refractivity (Wildman–Crippen MR) is 136 cm³/mol.